The summed E-state index contributed by atoms with van der Waals surface area (Å²) in [5, 5.41) is 2.93. The van der Waals surface area contributed by atoms with Crippen LogP contribution < -0.4 is 8.85 Å². The summed E-state index contributed by atoms with van der Waals surface area (Å²) in [6, 6.07) is 7.44. The zero-order chi connectivity index (χ0) is 12.8. The first-order valence-electron chi connectivity index (χ1n) is 6.16. The van der Waals surface area contributed by atoms with Gasteiger partial charge in [-0.1, -0.05) is 6.07 Å². The third kappa shape index (κ3) is 3.84. The van der Waals surface area contributed by atoms with E-state index < -0.39 is 0 Å². The Morgan fingerprint density at radius 1 is 1.44 bits per heavy atom. The van der Waals surface area contributed by atoms with Gasteiger partial charge in [0.2, 0.25) is 0 Å². The van der Waals surface area contributed by atoms with Crippen molar-refractivity contribution in [2.24, 2.45) is 0 Å². The van der Waals surface area contributed by atoms with Gasteiger partial charge in [0.05, 0.1) is 29.0 Å². The molecule has 0 radical (unpaired) electrons. The second kappa shape index (κ2) is 6.94. The van der Waals surface area contributed by atoms with Gasteiger partial charge in [-0.05, 0) is 37.5 Å². The van der Waals surface area contributed by atoms with E-state index in [0.29, 0.717) is 12.1 Å². The summed E-state index contributed by atoms with van der Waals surface area (Å²) in [4.78, 5) is 12.0. The van der Waals surface area contributed by atoms with Gasteiger partial charge in [-0.2, -0.15) is 0 Å². The monoisotopic (exact) mass is 360 g/mol. The van der Waals surface area contributed by atoms with Crippen LogP contribution in [0.3, 0.4) is 0 Å². The zero-order valence-corrected chi connectivity index (χ0v) is 12.3. The van der Waals surface area contributed by atoms with Crippen LogP contribution in [0.15, 0.2) is 24.3 Å². The van der Waals surface area contributed by atoms with Crippen LogP contribution in [-0.2, 0) is 4.74 Å². The van der Waals surface area contributed by atoms with Gasteiger partial charge in [-0.3, -0.25) is 4.79 Å². The number of anilines is 1. The Kier molecular flexibility index (Phi) is 5.25. The molecular weight excluding hydrogens is 343 g/mol. The average Bonchev–Trinajstić information content (AvgIpc) is 2.46. The van der Waals surface area contributed by atoms with E-state index in [-0.39, 0.29) is 12.0 Å². The summed E-state index contributed by atoms with van der Waals surface area (Å²) in [7, 11) is 0. The average molecular weight is 360 g/mol. The lowest BCUT2D eigenvalue weighted by molar-refractivity contribution is 0.0169. The molecule has 1 aromatic rings. The summed E-state index contributed by atoms with van der Waals surface area (Å²) in [6.07, 6.45) is 3.53. The lowest BCUT2D eigenvalue weighted by atomic mass is 10.1. The normalized spacial score (nSPS) is 19.3. The molecule has 0 aromatic heterocycles. The molecule has 1 atom stereocenters. The molecule has 98 valence electrons. The molecule has 0 bridgehead atoms. The number of ether oxygens (including phenoxy) is 1. The highest BCUT2D eigenvalue weighted by Gasteiger charge is 2.15. The minimum atomic E-state index is -0.0438. The van der Waals surface area contributed by atoms with Crippen LogP contribution in [0.25, 0.3) is 0 Å². The van der Waals surface area contributed by atoms with E-state index in [2.05, 4.69) is 8.85 Å². The van der Waals surface area contributed by atoms with E-state index in [4.69, 9.17) is 4.74 Å². The third-order valence-electron chi connectivity index (χ3n) is 3.00. The molecule has 5 heteroatoms. The maximum atomic E-state index is 12.0. The molecule has 2 rings (SSSR count). The fraction of sp³-hybridized carbons (Fsp3) is 0.462. The second-order valence-corrected chi connectivity index (χ2v) is 4.91. The largest absolute Gasteiger partial charge is 0.376 e. The smallest absolute Gasteiger partial charge is 0.251 e. The van der Waals surface area contributed by atoms with E-state index in [1.807, 2.05) is 47.1 Å². The number of rotatable bonds is 4. The maximum Gasteiger partial charge on any atom is 0.251 e. The van der Waals surface area contributed by atoms with Crippen molar-refractivity contribution in [3.63, 3.8) is 0 Å². The predicted octanol–water partition coefficient (Wildman–Crippen LogP) is 2.75. The molecule has 1 saturated heterocycles. The number of nitrogens with one attached hydrogen (secondary N) is 2. The molecule has 0 saturated carbocycles. The van der Waals surface area contributed by atoms with Crippen LogP contribution in [0.5, 0.6) is 0 Å². The first-order chi connectivity index (χ1) is 8.79. The fourth-order valence-corrected chi connectivity index (χ4v) is 2.33. The van der Waals surface area contributed by atoms with Crippen molar-refractivity contribution in [2.75, 3.05) is 16.7 Å². The Balaban J connectivity index is 1.86. The molecular formula is C13H17IN2O2. The summed E-state index contributed by atoms with van der Waals surface area (Å²) < 4.78 is 8.57. The fourth-order valence-electron chi connectivity index (χ4n) is 2.00. The van der Waals surface area contributed by atoms with Gasteiger partial charge < -0.3 is 13.6 Å². The number of hydrogen-bond donors (Lipinski definition) is 2. The highest BCUT2D eigenvalue weighted by molar-refractivity contribution is 14.1. The first kappa shape index (κ1) is 13.6. The van der Waals surface area contributed by atoms with Gasteiger partial charge >= 0.3 is 0 Å². The number of carbonyl (C=O) groups excluding carboxylic acids is 1. The molecule has 0 aliphatic carbocycles. The van der Waals surface area contributed by atoms with Gasteiger partial charge in [-0.15, -0.1) is 0 Å². The van der Waals surface area contributed by atoms with Crippen LogP contribution in [0.2, 0.25) is 0 Å². The van der Waals surface area contributed by atoms with Crippen molar-refractivity contribution in [2.45, 2.75) is 25.4 Å². The number of carbonyl (C=O) groups is 1. The molecule has 18 heavy (non-hydrogen) atoms. The Hall–Kier alpha value is -0.820. The van der Waals surface area contributed by atoms with Crippen molar-refractivity contribution in [1.82, 2.24) is 5.32 Å². The van der Waals surface area contributed by atoms with Gasteiger partial charge in [0.1, 0.15) is 0 Å². The Labute approximate surface area is 121 Å². The molecule has 1 aromatic carbocycles. The summed E-state index contributed by atoms with van der Waals surface area (Å²) >= 11 is 2.05. The van der Waals surface area contributed by atoms with Gasteiger partial charge in [0.25, 0.3) is 5.91 Å². The van der Waals surface area contributed by atoms with Crippen LogP contribution in [0.4, 0.5) is 5.69 Å². The van der Waals surface area contributed by atoms with Crippen LogP contribution >= 0.6 is 22.9 Å². The van der Waals surface area contributed by atoms with Crippen LogP contribution in [0.1, 0.15) is 29.6 Å². The van der Waals surface area contributed by atoms with Gasteiger partial charge in [-0.25, -0.2) is 0 Å². The number of benzene rings is 1. The van der Waals surface area contributed by atoms with E-state index in [1.165, 1.54) is 6.42 Å². The summed E-state index contributed by atoms with van der Waals surface area (Å²) in [6.45, 7) is 1.41. The molecule has 1 fully saturated rings. The number of hydrogen-bond acceptors (Lipinski definition) is 3. The predicted molar refractivity (Wildman–Crippen MR) is 80.0 cm³/mol. The topological polar surface area (TPSA) is 50.4 Å². The standard InChI is InChI=1S/C13H17IN2O2/c14-16-11-5-3-4-10(8-11)13(17)15-9-12-6-1-2-7-18-12/h3-5,8,12,16H,1-2,6-7,9H2,(H,15,17). The Bertz CT molecular complexity index is 406. The molecule has 1 amide bonds. The molecule has 1 unspecified atom stereocenters. The quantitative estimate of drug-likeness (QED) is 0.641. The molecule has 1 aliphatic rings. The molecule has 4 nitrogen and oxygen atoms in total. The highest BCUT2D eigenvalue weighted by Crippen LogP contribution is 2.13. The first-order valence-corrected chi connectivity index (χ1v) is 7.24. The molecule has 0 spiro atoms. The second-order valence-electron chi connectivity index (χ2n) is 4.37. The highest BCUT2D eigenvalue weighted by atomic mass is 127. The third-order valence-corrected chi connectivity index (χ3v) is 3.62. The zero-order valence-electron chi connectivity index (χ0n) is 10.1. The lowest BCUT2D eigenvalue weighted by Crippen LogP contribution is -2.35. The van der Waals surface area contributed by atoms with Gasteiger partial charge in [0.15, 0.2) is 0 Å². The van der Waals surface area contributed by atoms with E-state index in [9.17, 15) is 4.79 Å². The Morgan fingerprint density at radius 3 is 3.06 bits per heavy atom. The van der Waals surface area contributed by atoms with E-state index in [1.54, 1.807) is 0 Å². The summed E-state index contributed by atoms with van der Waals surface area (Å²) in [5.41, 5.74) is 1.60. The van der Waals surface area contributed by atoms with Gasteiger partial charge in [0, 0.05) is 24.4 Å². The maximum absolute atomic E-state index is 12.0. The van der Waals surface area contributed by atoms with Crippen molar-refractivity contribution >= 4 is 34.5 Å². The summed E-state index contributed by atoms with van der Waals surface area (Å²) in [5.74, 6) is -0.0438. The molecule has 2 N–H and O–H groups in total. The molecule has 1 aliphatic heterocycles. The van der Waals surface area contributed by atoms with Crippen LogP contribution in [-0.4, -0.2) is 25.2 Å². The van der Waals surface area contributed by atoms with Crippen molar-refractivity contribution in [1.29, 1.82) is 0 Å². The molecule has 1 heterocycles. The van der Waals surface area contributed by atoms with E-state index >= 15 is 0 Å². The van der Waals surface area contributed by atoms with Crippen molar-refractivity contribution < 1.29 is 9.53 Å². The van der Waals surface area contributed by atoms with Crippen molar-refractivity contribution in [3.05, 3.63) is 29.8 Å². The number of halogens is 1. The SMILES string of the molecule is O=C(NCC1CCCCO1)c1cccc(NI)c1. The lowest BCUT2D eigenvalue weighted by Gasteiger charge is -2.22. The van der Waals surface area contributed by atoms with Crippen molar-refractivity contribution in [3.8, 4) is 0 Å². The Morgan fingerprint density at radius 2 is 2.33 bits per heavy atom. The van der Waals surface area contributed by atoms with E-state index in [0.717, 1.165) is 25.1 Å². The van der Waals surface area contributed by atoms with Crippen LogP contribution in [0, 0.1) is 0 Å². The number of amides is 1. The minimum Gasteiger partial charge on any atom is -0.376 e. The minimum absolute atomic E-state index is 0.0438.